The normalized spacial score (nSPS) is 37.3. The van der Waals surface area contributed by atoms with Gasteiger partial charge in [-0.1, -0.05) is 19.4 Å². The predicted molar refractivity (Wildman–Crippen MR) is 95.7 cm³/mol. The van der Waals surface area contributed by atoms with E-state index in [2.05, 4.69) is 13.5 Å². The lowest BCUT2D eigenvalue weighted by Crippen LogP contribution is -2.53. The van der Waals surface area contributed by atoms with Gasteiger partial charge in [0.05, 0.1) is 5.60 Å². The van der Waals surface area contributed by atoms with Gasteiger partial charge in [-0.05, 0) is 69.1 Å². The van der Waals surface area contributed by atoms with Crippen molar-refractivity contribution >= 4 is 5.97 Å². The molecule has 136 valence electrons. The maximum atomic E-state index is 11.5. The number of allylic oxidation sites excluding steroid dienone is 1. The first kappa shape index (κ1) is 18.0. The third kappa shape index (κ3) is 3.42. The van der Waals surface area contributed by atoms with Gasteiger partial charge in [-0.2, -0.15) is 0 Å². The van der Waals surface area contributed by atoms with Crippen molar-refractivity contribution in [2.75, 3.05) is 6.61 Å². The number of esters is 1. The van der Waals surface area contributed by atoms with Crippen LogP contribution in [-0.2, 0) is 14.3 Å². The number of hydrogen-bond acceptors (Lipinski definition) is 3. The molecule has 24 heavy (non-hydrogen) atoms. The second kappa shape index (κ2) is 7.19. The first-order chi connectivity index (χ1) is 11.5. The fourth-order valence-corrected chi connectivity index (χ4v) is 5.75. The molecule has 0 aromatic carbocycles. The zero-order chi connectivity index (χ0) is 17.2. The van der Waals surface area contributed by atoms with Gasteiger partial charge in [-0.25, -0.2) is 0 Å². The lowest BCUT2D eigenvalue weighted by atomic mass is 9.53. The number of hydrogen-bond donors (Lipinski definition) is 0. The zero-order valence-electron chi connectivity index (χ0n) is 15.5. The van der Waals surface area contributed by atoms with E-state index in [0.717, 1.165) is 25.9 Å². The van der Waals surface area contributed by atoms with Crippen molar-refractivity contribution in [2.45, 2.75) is 89.8 Å². The quantitative estimate of drug-likeness (QED) is 0.372. The number of fused-ring (bicyclic) bond motifs is 1. The molecule has 3 nitrogen and oxygen atoms in total. The maximum Gasteiger partial charge on any atom is 0.302 e. The molecule has 0 spiro atoms. The molecule has 1 unspecified atom stereocenters. The zero-order valence-corrected chi connectivity index (χ0v) is 15.5. The molecule has 0 bridgehead atoms. The number of rotatable bonds is 7. The Morgan fingerprint density at radius 2 is 2.00 bits per heavy atom. The number of carbonyl (C=O) groups is 1. The Bertz CT molecular complexity index is 468. The molecule has 3 fully saturated rings. The van der Waals surface area contributed by atoms with E-state index in [9.17, 15) is 4.79 Å². The Kier molecular flexibility index (Phi) is 5.39. The van der Waals surface area contributed by atoms with Crippen LogP contribution in [0.4, 0.5) is 0 Å². The first-order valence-electron chi connectivity index (χ1n) is 9.94. The highest BCUT2D eigenvalue weighted by molar-refractivity contribution is 5.66. The molecule has 0 aromatic rings. The molecule has 0 radical (unpaired) electrons. The Morgan fingerprint density at radius 3 is 2.67 bits per heavy atom. The van der Waals surface area contributed by atoms with E-state index in [1.165, 1.54) is 44.9 Å². The average molecular weight is 335 g/mol. The second-order valence-corrected chi connectivity index (χ2v) is 8.48. The molecule has 4 atom stereocenters. The van der Waals surface area contributed by atoms with Gasteiger partial charge in [-0.15, -0.1) is 6.58 Å². The van der Waals surface area contributed by atoms with Gasteiger partial charge in [0.15, 0.2) is 0 Å². The van der Waals surface area contributed by atoms with E-state index < -0.39 is 0 Å². The molecular formula is C21H34O3. The highest BCUT2D eigenvalue weighted by Crippen LogP contribution is 2.63. The summed E-state index contributed by atoms with van der Waals surface area (Å²) >= 11 is 0. The highest BCUT2D eigenvalue weighted by atomic mass is 16.5. The third-order valence-corrected chi connectivity index (χ3v) is 6.94. The van der Waals surface area contributed by atoms with Crippen molar-refractivity contribution in [3.63, 3.8) is 0 Å². The summed E-state index contributed by atoms with van der Waals surface area (Å²) in [7, 11) is 0. The maximum absolute atomic E-state index is 11.5. The largest absolute Gasteiger partial charge is 0.462 e. The van der Waals surface area contributed by atoms with E-state index in [-0.39, 0.29) is 23.1 Å². The van der Waals surface area contributed by atoms with Gasteiger partial charge in [0.25, 0.3) is 0 Å². The molecule has 3 heteroatoms. The van der Waals surface area contributed by atoms with Gasteiger partial charge in [0.2, 0.25) is 0 Å². The van der Waals surface area contributed by atoms with Crippen molar-refractivity contribution in [3.05, 3.63) is 12.7 Å². The summed E-state index contributed by atoms with van der Waals surface area (Å²) in [6.07, 6.45) is 13.9. The van der Waals surface area contributed by atoms with E-state index in [0.29, 0.717) is 11.8 Å². The van der Waals surface area contributed by atoms with Crippen molar-refractivity contribution in [1.29, 1.82) is 0 Å². The number of carbonyl (C=O) groups excluding carboxylic acids is 1. The molecule has 0 N–H and O–H groups in total. The van der Waals surface area contributed by atoms with Gasteiger partial charge in [0, 0.05) is 19.4 Å². The molecular weight excluding hydrogens is 300 g/mol. The fraction of sp³-hybridized carbons (Fsp3) is 0.857. The fourth-order valence-electron chi connectivity index (χ4n) is 5.75. The van der Waals surface area contributed by atoms with Crippen molar-refractivity contribution in [3.8, 4) is 0 Å². The topological polar surface area (TPSA) is 35.5 Å². The molecule has 0 heterocycles. The van der Waals surface area contributed by atoms with Crippen LogP contribution in [0.5, 0.6) is 0 Å². The van der Waals surface area contributed by atoms with Gasteiger partial charge in [0.1, 0.15) is 6.10 Å². The van der Waals surface area contributed by atoms with Crippen LogP contribution in [0.3, 0.4) is 0 Å². The van der Waals surface area contributed by atoms with E-state index in [1.54, 1.807) is 6.92 Å². The van der Waals surface area contributed by atoms with Gasteiger partial charge < -0.3 is 9.47 Å². The molecule has 3 rings (SSSR count). The lowest BCUT2D eigenvalue weighted by molar-refractivity contribution is -0.170. The van der Waals surface area contributed by atoms with Crippen molar-refractivity contribution in [2.24, 2.45) is 17.3 Å². The SMILES string of the molecule is C=CCCCOC1([C@H]2CCCC3[C@@H](OC(C)=O)CCC[C@@]32C)CC1. The van der Waals surface area contributed by atoms with Gasteiger partial charge >= 0.3 is 5.97 Å². The summed E-state index contributed by atoms with van der Waals surface area (Å²) in [5.41, 5.74) is 0.387. The standard InChI is InChI=1S/C21H34O3/c1-4-5-6-15-23-21(13-14-21)19-11-7-9-17-18(24-16(2)22)10-8-12-20(17,19)3/h4,17-19H,1,5-15H2,2-3H3/t17?,18-,19-,20-/m0/s1. The van der Waals surface area contributed by atoms with Crippen LogP contribution in [0.25, 0.3) is 0 Å². The van der Waals surface area contributed by atoms with Crippen molar-refractivity contribution in [1.82, 2.24) is 0 Å². The van der Waals surface area contributed by atoms with E-state index in [4.69, 9.17) is 9.47 Å². The smallest absolute Gasteiger partial charge is 0.302 e. The predicted octanol–water partition coefficient (Wildman–Crippen LogP) is 5.04. The van der Waals surface area contributed by atoms with Crippen LogP contribution >= 0.6 is 0 Å². The summed E-state index contributed by atoms with van der Waals surface area (Å²) in [6, 6.07) is 0. The minimum absolute atomic E-state index is 0.117. The van der Waals surface area contributed by atoms with Crippen LogP contribution < -0.4 is 0 Å². The average Bonchev–Trinajstić information content (AvgIpc) is 3.31. The molecule has 3 aliphatic rings. The van der Waals surface area contributed by atoms with Crippen LogP contribution in [0, 0.1) is 17.3 Å². The minimum atomic E-state index is -0.117. The molecule has 0 saturated heterocycles. The van der Waals surface area contributed by atoms with Crippen LogP contribution in [0.1, 0.15) is 78.1 Å². The summed E-state index contributed by atoms with van der Waals surface area (Å²) < 4.78 is 12.2. The summed E-state index contributed by atoms with van der Waals surface area (Å²) in [5, 5.41) is 0. The molecule has 0 aliphatic heterocycles. The van der Waals surface area contributed by atoms with E-state index >= 15 is 0 Å². The van der Waals surface area contributed by atoms with Crippen LogP contribution in [0.15, 0.2) is 12.7 Å². The number of ether oxygens (including phenoxy) is 2. The van der Waals surface area contributed by atoms with Crippen LogP contribution in [0.2, 0.25) is 0 Å². The minimum Gasteiger partial charge on any atom is -0.462 e. The molecule has 0 aromatic heterocycles. The summed E-state index contributed by atoms with van der Waals surface area (Å²) in [4.78, 5) is 11.5. The summed E-state index contributed by atoms with van der Waals surface area (Å²) in [5.74, 6) is 1.03. The Hall–Kier alpha value is -0.830. The lowest BCUT2D eigenvalue weighted by Gasteiger charge is -2.55. The van der Waals surface area contributed by atoms with E-state index in [1.807, 2.05) is 6.08 Å². The Morgan fingerprint density at radius 1 is 1.21 bits per heavy atom. The Balaban J connectivity index is 1.71. The molecule has 3 saturated carbocycles. The highest BCUT2D eigenvalue weighted by Gasteiger charge is 2.61. The first-order valence-corrected chi connectivity index (χ1v) is 9.94. The Labute approximate surface area is 147 Å². The second-order valence-electron chi connectivity index (χ2n) is 8.48. The van der Waals surface area contributed by atoms with Gasteiger partial charge in [-0.3, -0.25) is 4.79 Å². The van der Waals surface area contributed by atoms with Crippen LogP contribution in [-0.4, -0.2) is 24.3 Å². The van der Waals surface area contributed by atoms with Crippen molar-refractivity contribution < 1.29 is 14.3 Å². The molecule has 3 aliphatic carbocycles. The summed E-state index contributed by atoms with van der Waals surface area (Å²) in [6.45, 7) is 8.67. The number of unbranched alkanes of at least 4 members (excludes halogenated alkanes) is 1. The molecule has 0 amide bonds. The monoisotopic (exact) mass is 334 g/mol. The third-order valence-electron chi connectivity index (χ3n) is 6.94.